The molecule has 10 nitrogen and oxygen atoms in total. The molecule has 10 heteroatoms. The summed E-state index contributed by atoms with van der Waals surface area (Å²) in [4.78, 5) is 37.3. The minimum atomic E-state index is -0.738. The Bertz CT molecular complexity index is 791. The first-order chi connectivity index (χ1) is 14.4. The maximum atomic E-state index is 12.4. The molecule has 2 rings (SSSR count). The molecule has 1 aliphatic heterocycles. The number of ether oxygens (including phenoxy) is 4. The number of H-pyrrole nitrogens is 1. The van der Waals surface area contributed by atoms with Gasteiger partial charge in [-0.3, -0.25) is 19.1 Å². The molecule has 1 saturated heterocycles. The van der Waals surface area contributed by atoms with Crippen LogP contribution in [0.4, 0.5) is 0 Å². The number of carbonyl (C=O) groups excluding carboxylic acids is 1. The van der Waals surface area contributed by atoms with Gasteiger partial charge in [0.05, 0.1) is 6.61 Å². The quantitative estimate of drug-likeness (QED) is 0.466. The molecule has 30 heavy (non-hydrogen) atoms. The summed E-state index contributed by atoms with van der Waals surface area (Å²) in [6.07, 6.45) is 3.05. The number of amides is 1. The number of aromatic nitrogens is 2. The van der Waals surface area contributed by atoms with Gasteiger partial charge < -0.3 is 24.3 Å². The third-order valence-electron chi connectivity index (χ3n) is 5.06. The topological polar surface area (TPSA) is 121 Å². The molecule has 0 aromatic carbocycles. The van der Waals surface area contributed by atoms with Crippen LogP contribution in [-0.4, -0.2) is 67.7 Å². The van der Waals surface area contributed by atoms with E-state index in [1.54, 1.807) is 21.1 Å². The number of rotatable bonds is 12. The van der Waals surface area contributed by atoms with Crippen molar-refractivity contribution < 1.29 is 23.7 Å². The standard InChI is InChI=1S/C20H33N3O7/c1-13-11-23(20(26)22-18(13)25)19-17(16(28-4)15(30-19)12-27-3)29-10-8-6-5-7-9-21-14(2)24/h11,15-17,19H,5-10,12H2,1-4H3,(H,21,24)(H,22,25,26)/t15-,16-,17-,19?/m1/s1. The van der Waals surface area contributed by atoms with E-state index in [4.69, 9.17) is 18.9 Å². The molecule has 0 saturated carbocycles. The van der Waals surface area contributed by atoms with Crippen molar-refractivity contribution in [1.29, 1.82) is 0 Å². The van der Waals surface area contributed by atoms with Crippen LogP contribution in [0.3, 0.4) is 0 Å². The van der Waals surface area contributed by atoms with Crippen molar-refractivity contribution >= 4 is 5.91 Å². The van der Waals surface area contributed by atoms with Crippen LogP contribution in [0.15, 0.2) is 15.8 Å². The Morgan fingerprint density at radius 1 is 1.20 bits per heavy atom. The summed E-state index contributed by atoms with van der Waals surface area (Å²) < 4.78 is 24.3. The van der Waals surface area contributed by atoms with Crippen LogP contribution >= 0.6 is 0 Å². The summed E-state index contributed by atoms with van der Waals surface area (Å²) in [5, 5.41) is 2.78. The highest BCUT2D eigenvalue weighted by Gasteiger charge is 2.47. The molecule has 0 aliphatic carbocycles. The van der Waals surface area contributed by atoms with Crippen molar-refractivity contribution in [3.8, 4) is 0 Å². The van der Waals surface area contributed by atoms with Gasteiger partial charge in [-0.15, -0.1) is 0 Å². The number of carbonyl (C=O) groups is 1. The van der Waals surface area contributed by atoms with Gasteiger partial charge >= 0.3 is 5.69 Å². The molecule has 1 amide bonds. The third-order valence-corrected chi connectivity index (χ3v) is 5.06. The Balaban J connectivity index is 2.01. The van der Waals surface area contributed by atoms with Crippen molar-refractivity contribution in [2.75, 3.05) is 34.0 Å². The van der Waals surface area contributed by atoms with E-state index >= 15 is 0 Å². The van der Waals surface area contributed by atoms with Crippen molar-refractivity contribution in [2.24, 2.45) is 0 Å². The van der Waals surface area contributed by atoms with Gasteiger partial charge in [-0.2, -0.15) is 0 Å². The molecule has 1 fully saturated rings. The van der Waals surface area contributed by atoms with Crippen LogP contribution < -0.4 is 16.6 Å². The van der Waals surface area contributed by atoms with Gasteiger partial charge in [0, 0.05) is 46.1 Å². The average molecular weight is 427 g/mol. The summed E-state index contributed by atoms with van der Waals surface area (Å²) in [6.45, 7) is 4.57. The second-order valence-corrected chi connectivity index (χ2v) is 7.43. The van der Waals surface area contributed by atoms with Crippen molar-refractivity contribution in [1.82, 2.24) is 14.9 Å². The lowest BCUT2D eigenvalue weighted by Gasteiger charge is -2.24. The van der Waals surface area contributed by atoms with E-state index in [2.05, 4.69) is 10.3 Å². The zero-order valence-electron chi connectivity index (χ0n) is 18.1. The zero-order valence-corrected chi connectivity index (χ0v) is 18.1. The highest BCUT2D eigenvalue weighted by atomic mass is 16.6. The first-order valence-electron chi connectivity index (χ1n) is 10.2. The molecule has 170 valence electrons. The Labute approximate surface area is 175 Å². The Kier molecular flexibility index (Phi) is 9.70. The number of aryl methyl sites for hydroxylation is 1. The summed E-state index contributed by atoms with van der Waals surface area (Å²) >= 11 is 0. The highest BCUT2D eigenvalue weighted by Crippen LogP contribution is 2.33. The Morgan fingerprint density at radius 2 is 1.93 bits per heavy atom. The van der Waals surface area contributed by atoms with Crippen LogP contribution in [0, 0.1) is 6.92 Å². The maximum absolute atomic E-state index is 12.4. The van der Waals surface area contributed by atoms with E-state index in [0.717, 1.165) is 25.7 Å². The van der Waals surface area contributed by atoms with Crippen LogP contribution in [-0.2, 0) is 23.7 Å². The van der Waals surface area contributed by atoms with Crippen molar-refractivity contribution in [2.45, 2.75) is 64.1 Å². The number of hydrogen-bond donors (Lipinski definition) is 2. The predicted molar refractivity (Wildman–Crippen MR) is 110 cm³/mol. The summed E-state index contributed by atoms with van der Waals surface area (Å²) in [5.74, 6) is -0.0189. The SMILES string of the molecule is COC[C@H]1OC(n2cc(C)c(=O)[nH]c2=O)[C@H](OCCCCCCNC(C)=O)[C@@H]1OC. The largest absolute Gasteiger partial charge is 0.382 e. The van der Waals surface area contributed by atoms with Gasteiger partial charge in [0.2, 0.25) is 5.91 Å². The maximum Gasteiger partial charge on any atom is 0.330 e. The lowest BCUT2D eigenvalue weighted by molar-refractivity contribution is -0.118. The van der Waals surface area contributed by atoms with Gasteiger partial charge in [0.1, 0.15) is 18.3 Å². The molecular formula is C20H33N3O7. The number of methoxy groups -OCH3 is 2. The first kappa shape index (κ1) is 24.3. The third kappa shape index (κ3) is 6.49. The van der Waals surface area contributed by atoms with Crippen molar-refractivity contribution in [3.05, 3.63) is 32.6 Å². The summed E-state index contributed by atoms with van der Waals surface area (Å²) in [7, 11) is 3.13. The van der Waals surface area contributed by atoms with Gasteiger partial charge in [0.25, 0.3) is 5.56 Å². The van der Waals surface area contributed by atoms with E-state index in [9.17, 15) is 14.4 Å². The number of nitrogens with zero attached hydrogens (tertiary/aromatic N) is 1. The smallest absolute Gasteiger partial charge is 0.330 e. The minimum absolute atomic E-state index is 0.0189. The van der Waals surface area contributed by atoms with Gasteiger partial charge in [-0.25, -0.2) is 4.79 Å². The highest BCUT2D eigenvalue weighted by molar-refractivity contribution is 5.72. The van der Waals surface area contributed by atoms with E-state index in [1.165, 1.54) is 17.7 Å². The fraction of sp³-hybridized carbons (Fsp3) is 0.750. The predicted octanol–water partition coefficient (Wildman–Crippen LogP) is 0.486. The first-order valence-corrected chi connectivity index (χ1v) is 10.2. The molecule has 0 bridgehead atoms. The molecule has 1 aromatic rings. The molecular weight excluding hydrogens is 394 g/mol. The fourth-order valence-electron chi connectivity index (χ4n) is 3.53. The average Bonchev–Trinajstić information content (AvgIpc) is 3.03. The monoisotopic (exact) mass is 427 g/mol. The van der Waals surface area contributed by atoms with E-state index in [1.807, 2.05) is 0 Å². The summed E-state index contributed by atoms with van der Waals surface area (Å²) in [6, 6.07) is 0. The van der Waals surface area contributed by atoms with Gasteiger partial charge in [0.15, 0.2) is 6.23 Å². The number of unbranched alkanes of at least 4 members (excludes halogenated alkanes) is 3. The van der Waals surface area contributed by atoms with Crippen LogP contribution in [0.5, 0.6) is 0 Å². The Hall–Kier alpha value is -2.01. The Morgan fingerprint density at radius 3 is 2.60 bits per heavy atom. The van der Waals surface area contributed by atoms with Crippen LogP contribution in [0.25, 0.3) is 0 Å². The fourth-order valence-corrected chi connectivity index (χ4v) is 3.53. The van der Waals surface area contributed by atoms with Gasteiger partial charge in [-0.05, 0) is 19.8 Å². The number of aromatic amines is 1. The van der Waals surface area contributed by atoms with Gasteiger partial charge in [-0.1, -0.05) is 12.8 Å². The number of hydrogen-bond acceptors (Lipinski definition) is 7. The zero-order chi connectivity index (χ0) is 22.1. The molecule has 1 aliphatic rings. The van der Waals surface area contributed by atoms with Crippen LogP contribution in [0.2, 0.25) is 0 Å². The molecule has 0 radical (unpaired) electrons. The second kappa shape index (κ2) is 12.0. The molecule has 1 aromatic heterocycles. The molecule has 2 N–H and O–H groups in total. The molecule has 1 unspecified atom stereocenters. The lowest BCUT2D eigenvalue weighted by Crippen LogP contribution is -2.41. The minimum Gasteiger partial charge on any atom is -0.382 e. The normalized spacial score (nSPS) is 23.6. The van der Waals surface area contributed by atoms with Crippen LogP contribution in [0.1, 0.15) is 44.4 Å². The van der Waals surface area contributed by atoms with Crippen molar-refractivity contribution in [3.63, 3.8) is 0 Å². The van der Waals surface area contributed by atoms with E-state index in [-0.39, 0.29) is 12.5 Å². The summed E-state index contributed by atoms with van der Waals surface area (Å²) in [5.41, 5.74) is -0.585. The second-order valence-electron chi connectivity index (χ2n) is 7.43. The van der Waals surface area contributed by atoms with E-state index < -0.39 is 35.8 Å². The number of nitrogens with one attached hydrogen (secondary N) is 2. The molecule has 4 atom stereocenters. The molecule has 0 spiro atoms. The van der Waals surface area contributed by atoms with E-state index in [0.29, 0.717) is 18.7 Å². The lowest BCUT2D eigenvalue weighted by atomic mass is 10.1. The molecule has 2 heterocycles.